The molecule has 0 radical (unpaired) electrons. The number of fused-ring (bicyclic) bond motifs is 1. The van der Waals surface area contributed by atoms with Gasteiger partial charge in [0.05, 0.1) is 22.4 Å². The van der Waals surface area contributed by atoms with Gasteiger partial charge < -0.3 is 11.1 Å². The van der Waals surface area contributed by atoms with Crippen molar-refractivity contribution in [1.82, 2.24) is 9.97 Å². The molecule has 3 N–H and O–H groups in total. The maximum Gasteiger partial charge on any atom is 0.223 e. The van der Waals surface area contributed by atoms with Gasteiger partial charge in [-0.15, -0.1) is 11.3 Å². The normalized spacial score (nSPS) is 25.7. The van der Waals surface area contributed by atoms with E-state index in [1.165, 1.54) is 11.3 Å². The molecule has 1 atom stereocenters. The number of nitrogen functional groups attached to an aromatic ring is 1. The largest absolute Gasteiger partial charge is 0.368 e. The van der Waals surface area contributed by atoms with E-state index >= 15 is 0 Å². The van der Waals surface area contributed by atoms with E-state index in [9.17, 15) is 8.42 Å². The summed E-state index contributed by atoms with van der Waals surface area (Å²) in [5.74, 6) is 1.14. The van der Waals surface area contributed by atoms with Crippen molar-refractivity contribution < 1.29 is 8.42 Å². The summed E-state index contributed by atoms with van der Waals surface area (Å²) in [6.45, 7) is 1.90. The number of hydrogen-bond acceptors (Lipinski definition) is 7. The smallest absolute Gasteiger partial charge is 0.223 e. The summed E-state index contributed by atoms with van der Waals surface area (Å²) in [5.41, 5.74) is 5.19. The highest BCUT2D eigenvalue weighted by atomic mass is 32.2. The van der Waals surface area contributed by atoms with Gasteiger partial charge in [-0.05, 0) is 24.8 Å². The van der Waals surface area contributed by atoms with E-state index in [0.717, 1.165) is 10.2 Å². The van der Waals surface area contributed by atoms with Gasteiger partial charge in [-0.25, -0.2) is 13.4 Å². The first-order valence-corrected chi connectivity index (χ1v) is 8.56. The van der Waals surface area contributed by atoms with Crippen LogP contribution in [0.4, 0.5) is 11.8 Å². The van der Waals surface area contributed by atoms with Crippen LogP contribution in [0.25, 0.3) is 10.2 Å². The van der Waals surface area contributed by atoms with Gasteiger partial charge in [-0.1, -0.05) is 0 Å². The van der Waals surface area contributed by atoms with Gasteiger partial charge in [0.15, 0.2) is 9.84 Å². The Bertz CT molecular complexity index is 740. The van der Waals surface area contributed by atoms with Crippen molar-refractivity contribution in [2.75, 3.05) is 22.6 Å². The molecule has 102 valence electrons. The molecule has 2 aromatic rings. The van der Waals surface area contributed by atoms with Gasteiger partial charge in [0.25, 0.3) is 0 Å². The molecular formula is C11H14N4O2S2. The molecule has 19 heavy (non-hydrogen) atoms. The Balaban J connectivity index is 2.00. The van der Waals surface area contributed by atoms with Crippen LogP contribution < -0.4 is 11.1 Å². The summed E-state index contributed by atoms with van der Waals surface area (Å²) < 4.78 is 23.2. The van der Waals surface area contributed by atoms with Gasteiger partial charge in [0, 0.05) is 0 Å². The third-order valence-electron chi connectivity index (χ3n) is 3.27. The van der Waals surface area contributed by atoms with E-state index in [-0.39, 0.29) is 17.5 Å². The molecule has 1 fully saturated rings. The Hall–Kier alpha value is -1.41. The van der Waals surface area contributed by atoms with E-state index in [2.05, 4.69) is 15.3 Å². The van der Waals surface area contributed by atoms with Crippen LogP contribution in [0.5, 0.6) is 0 Å². The summed E-state index contributed by atoms with van der Waals surface area (Å²) in [6, 6.07) is 1.91. The highest BCUT2D eigenvalue weighted by Gasteiger charge is 2.38. The number of sulfone groups is 1. The molecule has 6 nitrogen and oxygen atoms in total. The minimum Gasteiger partial charge on any atom is -0.368 e. The summed E-state index contributed by atoms with van der Waals surface area (Å²) in [7, 11) is -2.96. The lowest BCUT2D eigenvalue weighted by molar-refractivity contribution is 0.572. The Morgan fingerprint density at radius 2 is 2.26 bits per heavy atom. The topological polar surface area (TPSA) is 98.0 Å². The fraction of sp³-hybridized carbons (Fsp3) is 0.455. The fourth-order valence-corrected chi connectivity index (χ4v) is 5.23. The first-order valence-electron chi connectivity index (χ1n) is 5.86. The first kappa shape index (κ1) is 12.6. The molecular weight excluding hydrogens is 284 g/mol. The zero-order chi connectivity index (χ0) is 13.7. The van der Waals surface area contributed by atoms with Crippen molar-refractivity contribution in [1.29, 1.82) is 0 Å². The average molecular weight is 298 g/mol. The van der Waals surface area contributed by atoms with E-state index in [0.29, 0.717) is 12.2 Å². The molecule has 0 amide bonds. The van der Waals surface area contributed by atoms with Gasteiger partial charge in [0.2, 0.25) is 5.95 Å². The number of aromatic nitrogens is 2. The Morgan fingerprint density at radius 3 is 2.95 bits per heavy atom. The second-order valence-electron chi connectivity index (χ2n) is 5.10. The standard InChI is InChI=1S/C11H14N4O2S2/c1-11(3-5-19(16,17)6-11)15-8-7-2-4-18-9(7)14-10(12)13-8/h2,4H,3,5-6H2,1H3,(H3,12,13,14,15). The van der Waals surface area contributed by atoms with E-state index in [4.69, 9.17) is 5.73 Å². The van der Waals surface area contributed by atoms with Crippen LogP contribution in [-0.4, -0.2) is 35.4 Å². The molecule has 0 bridgehead atoms. The Morgan fingerprint density at radius 1 is 1.47 bits per heavy atom. The van der Waals surface area contributed by atoms with Crippen LogP contribution >= 0.6 is 11.3 Å². The highest BCUT2D eigenvalue weighted by molar-refractivity contribution is 7.91. The van der Waals surface area contributed by atoms with Crippen LogP contribution in [0.2, 0.25) is 0 Å². The average Bonchev–Trinajstić information content (AvgIpc) is 2.83. The molecule has 1 aliphatic heterocycles. The summed E-state index contributed by atoms with van der Waals surface area (Å²) in [5, 5.41) is 6.03. The molecule has 8 heteroatoms. The number of hydrogen-bond donors (Lipinski definition) is 2. The van der Waals surface area contributed by atoms with Crippen molar-refractivity contribution in [3.8, 4) is 0 Å². The summed E-state index contributed by atoms with van der Waals surface area (Å²) >= 11 is 1.48. The molecule has 0 spiro atoms. The Labute approximate surface area is 115 Å². The van der Waals surface area contributed by atoms with Crippen LogP contribution in [0, 0.1) is 0 Å². The maximum absolute atomic E-state index is 11.6. The first-order chi connectivity index (χ1) is 8.87. The fourth-order valence-electron chi connectivity index (χ4n) is 2.36. The number of nitrogens with two attached hydrogens (primary N) is 1. The molecule has 3 heterocycles. The van der Waals surface area contributed by atoms with Crippen LogP contribution in [-0.2, 0) is 9.84 Å². The minimum atomic E-state index is -2.96. The molecule has 1 unspecified atom stereocenters. The zero-order valence-corrected chi connectivity index (χ0v) is 12.0. The van der Waals surface area contributed by atoms with Crippen molar-refractivity contribution in [2.24, 2.45) is 0 Å². The molecule has 1 aliphatic rings. The second kappa shape index (κ2) is 4.04. The van der Waals surface area contributed by atoms with Crippen molar-refractivity contribution >= 4 is 43.2 Å². The van der Waals surface area contributed by atoms with Crippen molar-refractivity contribution in [3.05, 3.63) is 11.4 Å². The number of anilines is 2. The van der Waals surface area contributed by atoms with Crippen LogP contribution in [0.3, 0.4) is 0 Å². The molecule has 0 saturated carbocycles. The quantitative estimate of drug-likeness (QED) is 0.866. The van der Waals surface area contributed by atoms with E-state index in [1.807, 2.05) is 18.4 Å². The molecule has 0 aliphatic carbocycles. The van der Waals surface area contributed by atoms with E-state index < -0.39 is 15.4 Å². The van der Waals surface area contributed by atoms with Gasteiger partial charge in [-0.2, -0.15) is 4.98 Å². The SMILES string of the molecule is CC1(Nc2nc(N)nc3sccc23)CCS(=O)(=O)C1. The number of thiophene rings is 1. The minimum absolute atomic E-state index is 0.121. The van der Waals surface area contributed by atoms with Crippen molar-refractivity contribution in [2.45, 2.75) is 18.9 Å². The number of nitrogens with one attached hydrogen (secondary N) is 1. The lowest BCUT2D eigenvalue weighted by atomic mass is 10.0. The molecule has 0 aromatic carbocycles. The third kappa shape index (κ3) is 2.37. The predicted molar refractivity (Wildman–Crippen MR) is 77.1 cm³/mol. The molecule has 2 aromatic heterocycles. The van der Waals surface area contributed by atoms with Crippen LogP contribution in [0.15, 0.2) is 11.4 Å². The monoisotopic (exact) mass is 298 g/mol. The third-order valence-corrected chi connectivity index (χ3v) is 5.98. The zero-order valence-electron chi connectivity index (χ0n) is 10.4. The van der Waals surface area contributed by atoms with Crippen molar-refractivity contribution in [3.63, 3.8) is 0 Å². The lowest BCUT2D eigenvalue weighted by Gasteiger charge is -2.25. The number of rotatable bonds is 2. The van der Waals surface area contributed by atoms with Crippen LogP contribution in [0.1, 0.15) is 13.3 Å². The Kier molecular flexibility index (Phi) is 2.68. The summed E-state index contributed by atoms with van der Waals surface area (Å²) in [6.07, 6.45) is 0.574. The highest BCUT2D eigenvalue weighted by Crippen LogP contribution is 2.31. The van der Waals surface area contributed by atoms with Gasteiger partial charge in [-0.3, -0.25) is 0 Å². The lowest BCUT2D eigenvalue weighted by Crippen LogP contribution is -2.36. The predicted octanol–water partition coefficient (Wildman–Crippen LogP) is 1.26. The van der Waals surface area contributed by atoms with Gasteiger partial charge in [0.1, 0.15) is 10.6 Å². The van der Waals surface area contributed by atoms with E-state index in [1.54, 1.807) is 0 Å². The second-order valence-corrected chi connectivity index (χ2v) is 8.18. The number of nitrogens with zero attached hydrogens (tertiary/aromatic N) is 2. The van der Waals surface area contributed by atoms with Gasteiger partial charge >= 0.3 is 0 Å². The summed E-state index contributed by atoms with van der Waals surface area (Å²) in [4.78, 5) is 9.15. The maximum atomic E-state index is 11.6. The molecule has 3 rings (SSSR count). The molecule has 1 saturated heterocycles.